The molecular formula is C28H36F3N3O7S. The van der Waals surface area contributed by atoms with E-state index in [1.54, 1.807) is 6.92 Å². The van der Waals surface area contributed by atoms with Crippen LogP contribution in [0, 0.1) is 5.92 Å². The molecule has 0 bridgehead atoms. The molecule has 0 radical (unpaired) electrons. The zero-order chi connectivity index (χ0) is 31.2. The predicted molar refractivity (Wildman–Crippen MR) is 149 cm³/mol. The number of benzene rings is 2. The Morgan fingerprint density at radius 2 is 1.90 bits per heavy atom. The summed E-state index contributed by atoms with van der Waals surface area (Å²) in [5.41, 5.74) is 0.533. The molecule has 2 aromatic carbocycles. The molecule has 0 saturated heterocycles. The minimum atomic E-state index is -4.48. The third-order valence-corrected chi connectivity index (χ3v) is 8.88. The molecule has 0 aromatic heterocycles. The number of nitrogens with zero attached hydrogens (tertiary/aromatic N) is 2. The summed E-state index contributed by atoms with van der Waals surface area (Å²) in [5, 5.41) is 12.2. The van der Waals surface area contributed by atoms with Crippen molar-refractivity contribution in [2.45, 2.75) is 56.3 Å². The molecule has 0 spiro atoms. The van der Waals surface area contributed by atoms with Crippen LogP contribution in [-0.4, -0.2) is 86.7 Å². The maximum absolute atomic E-state index is 13.3. The predicted octanol–water partition coefficient (Wildman–Crippen LogP) is 3.45. The highest BCUT2D eigenvalue weighted by atomic mass is 32.2. The first-order valence-corrected chi connectivity index (χ1v) is 14.8. The number of amides is 2. The first-order chi connectivity index (χ1) is 19.6. The van der Waals surface area contributed by atoms with E-state index in [9.17, 15) is 36.3 Å². The van der Waals surface area contributed by atoms with Gasteiger partial charge in [-0.15, -0.1) is 0 Å². The Morgan fingerprint density at radius 1 is 1.24 bits per heavy atom. The van der Waals surface area contributed by atoms with Crippen LogP contribution in [0.2, 0.25) is 0 Å². The number of carbonyl (C=O) groups excluding carboxylic acids is 2. The molecule has 2 aromatic rings. The van der Waals surface area contributed by atoms with Gasteiger partial charge in [-0.25, -0.2) is 8.42 Å². The highest BCUT2D eigenvalue weighted by Crippen LogP contribution is 2.30. The summed E-state index contributed by atoms with van der Waals surface area (Å²) in [5.74, 6) is -0.796. The number of aliphatic hydroxyl groups is 1. The SMILES string of the molecule is COc1ccc(S(=O)(=O)N(C)C[C@@H]2Oc3ccc(NC(=O)CCC(F)(F)F)cc3CC(=O)N([C@H](C)CO)C[C@H]2C)cc1. The summed E-state index contributed by atoms with van der Waals surface area (Å²) in [6.45, 7) is 3.26. The standard InChI is InChI=1S/C28H36F3N3O7S/c1-18-15-34(19(2)17-35)27(37)14-20-13-21(32-26(36)11-12-28(29,30)31)5-10-24(20)41-25(18)16-33(3)42(38,39)23-8-6-22(40-4)7-9-23/h5-10,13,18-19,25,35H,11-12,14-17H2,1-4H3,(H,32,36)/t18-,19-,25+/m1/s1. The fourth-order valence-electron chi connectivity index (χ4n) is 4.48. The van der Waals surface area contributed by atoms with E-state index in [1.165, 1.54) is 61.5 Å². The van der Waals surface area contributed by atoms with Crippen molar-refractivity contribution in [1.82, 2.24) is 9.21 Å². The highest BCUT2D eigenvalue weighted by Gasteiger charge is 2.34. The van der Waals surface area contributed by atoms with Crippen molar-refractivity contribution < 1.29 is 45.8 Å². The average molecular weight is 616 g/mol. The maximum Gasteiger partial charge on any atom is 0.389 e. The average Bonchev–Trinajstić information content (AvgIpc) is 2.98. The smallest absolute Gasteiger partial charge is 0.389 e. The number of methoxy groups -OCH3 is 1. The van der Waals surface area contributed by atoms with Gasteiger partial charge in [-0.2, -0.15) is 17.5 Å². The van der Waals surface area contributed by atoms with E-state index in [0.717, 1.165) is 4.31 Å². The van der Waals surface area contributed by atoms with Crippen LogP contribution >= 0.6 is 0 Å². The zero-order valence-electron chi connectivity index (χ0n) is 23.8. The molecule has 1 aliphatic rings. The van der Waals surface area contributed by atoms with Gasteiger partial charge in [0.25, 0.3) is 0 Å². The van der Waals surface area contributed by atoms with E-state index >= 15 is 0 Å². The number of hydrogen-bond donors (Lipinski definition) is 2. The number of nitrogens with one attached hydrogen (secondary N) is 1. The Labute approximate surface area is 243 Å². The first-order valence-electron chi connectivity index (χ1n) is 13.3. The highest BCUT2D eigenvalue weighted by molar-refractivity contribution is 7.89. The molecule has 1 aliphatic heterocycles. The molecule has 14 heteroatoms. The number of sulfonamides is 1. The summed E-state index contributed by atoms with van der Waals surface area (Å²) in [4.78, 5) is 27.0. The van der Waals surface area contributed by atoms with Crippen LogP contribution < -0.4 is 14.8 Å². The third kappa shape index (κ3) is 8.58. The number of fused-ring (bicyclic) bond motifs is 1. The molecule has 1 heterocycles. The van der Waals surface area contributed by atoms with Crippen LogP contribution in [0.4, 0.5) is 18.9 Å². The number of rotatable bonds is 10. The lowest BCUT2D eigenvalue weighted by atomic mass is 10.0. The van der Waals surface area contributed by atoms with Crippen LogP contribution in [0.5, 0.6) is 11.5 Å². The summed E-state index contributed by atoms with van der Waals surface area (Å²) < 4.78 is 76.8. The second-order valence-electron chi connectivity index (χ2n) is 10.3. The molecule has 2 N–H and O–H groups in total. The van der Waals surface area contributed by atoms with E-state index in [1.807, 2.05) is 6.92 Å². The van der Waals surface area contributed by atoms with Crippen molar-refractivity contribution >= 4 is 27.5 Å². The van der Waals surface area contributed by atoms with E-state index in [-0.39, 0.29) is 54.3 Å². The lowest BCUT2D eigenvalue weighted by molar-refractivity contribution is -0.142. The van der Waals surface area contributed by atoms with E-state index in [2.05, 4.69) is 5.32 Å². The van der Waals surface area contributed by atoms with Crippen molar-refractivity contribution in [2.75, 3.05) is 39.2 Å². The van der Waals surface area contributed by atoms with Crippen LogP contribution in [0.1, 0.15) is 32.3 Å². The summed E-state index contributed by atoms with van der Waals surface area (Å²) in [7, 11) is -1.04. The van der Waals surface area contributed by atoms with Gasteiger partial charge in [0.1, 0.15) is 17.6 Å². The number of likely N-dealkylation sites (N-methyl/N-ethyl adjacent to an activating group) is 1. The Bertz CT molecular complexity index is 1350. The van der Waals surface area contributed by atoms with Gasteiger partial charge in [0.05, 0.1) is 44.0 Å². The van der Waals surface area contributed by atoms with Crippen molar-refractivity contribution in [1.29, 1.82) is 0 Å². The molecule has 3 rings (SSSR count). The van der Waals surface area contributed by atoms with Crippen LogP contribution in [0.25, 0.3) is 0 Å². The van der Waals surface area contributed by atoms with E-state index in [0.29, 0.717) is 11.3 Å². The molecule has 3 atom stereocenters. The lowest BCUT2D eigenvalue weighted by Gasteiger charge is -2.33. The van der Waals surface area contributed by atoms with Crippen LogP contribution in [0.15, 0.2) is 47.4 Å². The summed E-state index contributed by atoms with van der Waals surface area (Å²) >= 11 is 0. The largest absolute Gasteiger partial charge is 0.497 e. The number of aliphatic hydroxyl groups excluding tert-OH is 1. The maximum atomic E-state index is 13.3. The number of hydrogen-bond acceptors (Lipinski definition) is 7. The number of anilines is 1. The second kappa shape index (κ2) is 13.7. The fraction of sp³-hybridized carbons (Fsp3) is 0.500. The molecule has 232 valence electrons. The Morgan fingerprint density at radius 3 is 2.50 bits per heavy atom. The molecular weight excluding hydrogens is 579 g/mol. The third-order valence-electron chi connectivity index (χ3n) is 7.04. The molecule has 2 amide bonds. The van der Waals surface area contributed by atoms with Gasteiger partial charge in [0, 0.05) is 37.2 Å². The molecule has 10 nitrogen and oxygen atoms in total. The summed E-state index contributed by atoms with van der Waals surface area (Å²) in [6, 6.07) is 9.78. The molecule has 0 saturated carbocycles. The number of carbonyl (C=O) groups is 2. The normalized spacial score (nSPS) is 18.8. The van der Waals surface area contributed by atoms with E-state index in [4.69, 9.17) is 9.47 Å². The monoisotopic (exact) mass is 615 g/mol. The minimum absolute atomic E-state index is 0.0542. The van der Waals surface area contributed by atoms with Gasteiger partial charge in [0.15, 0.2) is 0 Å². The van der Waals surface area contributed by atoms with Crippen molar-refractivity contribution in [2.24, 2.45) is 5.92 Å². The minimum Gasteiger partial charge on any atom is -0.497 e. The Balaban J connectivity index is 1.91. The summed E-state index contributed by atoms with van der Waals surface area (Å²) in [6.07, 6.45) is -7.42. The molecule has 0 fully saturated rings. The first kappa shape index (κ1) is 33.1. The molecule has 42 heavy (non-hydrogen) atoms. The molecule has 0 aliphatic carbocycles. The zero-order valence-corrected chi connectivity index (χ0v) is 24.7. The van der Waals surface area contributed by atoms with Crippen molar-refractivity contribution in [3.8, 4) is 11.5 Å². The Kier molecular flexibility index (Phi) is 10.8. The quantitative estimate of drug-likeness (QED) is 0.420. The second-order valence-corrected chi connectivity index (χ2v) is 12.4. The number of halogens is 3. The van der Waals surface area contributed by atoms with Gasteiger partial charge in [0.2, 0.25) is 21.8 Å². The van der Waals surface area contributed by atoms with Gasteiger partial charge in [-0.05, 0) is 49.4 Å². The topological polar surface area (TPSA) is 125 Å². The molecule has 0 unspecified atom stereocenters. The lowest BCUT2D eigenvalue weighted by Crippen LogP contribution is -2.48. The van der Waals surface area contributed by atoms with Gasteiger partial charge < -0.3 is 24.8 Å². The fourth-order valence-corrected chi connectivity index (χ4v) is 5.67. The number of ether oxygens (including phenoxy) is 2. The van der Waals surface area contributed by atoms with Crippen LogP contribution in [-0.2, 0) is 26.0 Å². The number of alkyl halides is 3. The van der Waals surface area contributed by atoms with Gasteiger partial charge in [-0.3, -0.25) is 9.59 Å². The van der Waals surface area contributed by atoms with Gasteiger partial charge in [-0.1, -0.05) is 6.92 Å². The van der Waals surface area contributed by atoms with Crippen molar-refractivity contribution in [3.05, 3.63) is 48.0 Å². The van der Waals surface area contributed by atoms with Crippen molar-refractivity contribution in [3.63, 3.8) is 0 Å². The van der Waals surface area contributed by atoms with E-state index < -0.39 is 47.1 Å². The van der Waals surface area contributed by atoms with Crippen LogP contribution in [0.3, 0.4) is 0 Å². The van der Waals surface area contributed by atoms with Gasteiger partial charge >= 0.3 is 6.18 Å². The Hall–Kier alpha value is -3.36.